The lowest BCUT2D eigenvalue weighted by atomic mass is 9.93. The Balaban J connectivity index is 1.71. The Kier molecular flexibility index (Phi) is 9.40. The topological polar surface area (TPSA) is 82.5 Å². The molecule has 1 aliphatic heterocycles. The van der Waals surface area contributed by atoms with Crippen LogP contribution in [0, 0.1) is 6.92 Å². The average molecular weight is 646 g/mol. The van der Waals surface area contributed by atoms with E-state index in [1.807, 2.05) is 30.0 Å². The summed E-state index contributed by atoms with van der Waals surface area (Å²) in [7, 11) is 0. The molecular weight excluding hydrogens is 620 g/mol. The second-order valence-corrected chi connectivity index (χ2v) is 11.5. The van der Waals surface area contributed by atoms with E-state index in [1.165, 1.54) is 0 Å². The average Bonchev–Trinajstić information content (AvgIpc) is 2.87. The lowest BCUT2D eigenvalue weighted by Gasteiger charge is -2.32. The number of hydrogen-bond donors (Lipinski definition) is 2. The molecule has 1 amide bonds. The van der Waals surface area contributed by atoms with Crippen LogP contribution in [0.15, 0.2) is 34.8 Å². The number of alkyl halides is 1. The van der Waals surface area contributed by atoms with Gasteiger partial charge in [-0.15, -0.1) is 0 Å². The third kappa shape index (κ3) is 6.36. The zero-order chi connectivity index (χ0) is 27.6. The zero-order valence-corrected chi connectivity index (χ0v) is 24.4. The molecule has 1 aromatic heterocycles. The number of piperidine rings is 1. The first kappa shape index (κ1) is 28.9. The highest BCUT2D eigenvalue weighted by Gasteiger charge is 2.27. The number of aliphatic carboxylic acids is 1. The van der Waals surface area contributed by atoms with Gasteiger partial charge in [0.1, 0.15) is 12.0 Å². The Labute approximate surface area is 243 Å². The molecule has 1 aliphatic rings. The summed E-state index contributed by atoms with van der Waals surface area (Å²) in [5.74, 6) is -1.26. The van der Waals surface area contributed by atoms with E-state index in [2.05, 4.69) is 21.2 Å². The summed E-state index contributed by atoms with van der Waals surface area (Å²) in [6.07, 6.45) is 0.302. The summed E-state index contributed by atoms with van der Waals surface area (Å²) in [5, 5.41) is 13.7. The van der Waals surface area contributed by atoms with Gasteiger partial charge in [0, 0.05) is 45.9 Å². The molecule has 2 N–H and O–H groups in total. The number of rotatable bonds is 8. The molecule has 2 atom stereocenters. The highest BCUT2D eigenvalue weighted by Crippen LogP contribution is 2.38. The van der Waals surface area contributed by atoms with Crippen LogP contribution in [-0.4, -0.2) is 47.8 Å². The van der Waals surface area contributed by atoms with Crippen LogP contribution in [0.25, 0.3) is 10.9 Å². The van der Waals surface area contributed by atoms with Gasteiger partial charge in [-0.25, -0.2) is 9.37 Å². The fourth-order valence-corrected chi connectivity index (χ4v) is 6.11. The van der Waals surface area contributed by atoms with E-state index in [0.717, 1.165) is 4.47 Å². The van der Waals surface area contributed by atoms with Gasteiger partial charge in [0.2, 0.25) is 0 Å². The van der Waals surface area contributed by atoms with Crippen LogP contribution in [0.4, 0.5) is 10.2 Å². The summed E-state index contributed by atoms with van der Waals surface area (Å²) in [5.41, 5.74) is 2.17. The molecule has 0 aliphatic carbocycles. The number of pyridine rings is 1. The van der Waals surface area contributed by atoms with Crippen molar-refractivity contribution in [2.75, 3.05) is 24.5 Å². The van der Waals surface area contributed by atoms with Gasteiger partial charge in [-0.05, 0) is 62.1 Å². The number of carbonyl (C=O) groups is 2. The minimum absolute atomic E-state index is 0.0781. The van der Waals surface area contributed by atoms with Gasteiger partial charge < -0.3 is 15.3 Å². The second-order valence-electron chi connectivity index (χ2n) is 9.38. The zero-order valence-electron chi connectivity index (χ0n) is 20.5. The van der Waals surface area contributed by atoms with E-state index in [1.54, 1.807) is 12.1 Å². The van der Waals surface area contributed by atoms with Gasteiger partial charge >= 0.3 is 5.97 Å². The lowest BCUT2D eigenvalue weighted by molar-refractivity contribution is -0.137. The molecule has 0 saturated carbocycles. The molecule has 3 aromatic rings. The molecular formula is C27H26BrCl3FN3O3. The molecule has 1 fully saturated rings. The predicted octanol–water partition coefficient (Wildman–Crippen LogP) is 7.58. The number of halogens is 5. The van der Waals surface area contributed by atoms with Crippen molar-refractivity contribution < 1.29 is 19.1 Å². The monoisotopic (exact) mass is 643 g/mol. The molecule has 38 heavy (non-hydrogen) atoms. The molecule has 0 bridgehead atoms. The minimum Gasteiger partial charge on any atom is -0.481 e. The SMILES string of the molecule is Cc1c(N2CCC[C@H](F)C2)nc2ccc(Br)cc2c1C(=O)NC[C@@H](CCC(=O)O)c1c(Cl)ccc(Cl)c1Cl. The molecule has 6 nitrogen and oxygen atoms in total. The van der Waals surface area contributed by atoms with Crippen molar-refractivity contribution in [3.8, 4) is 0 Å². The van der Waals surface area contributed by atoms with E-state index >= 15 is 0 Å². The fraction of sp³-hybridized carbons (Fsp3) is 0.370. The van der Waals surface area contributed by atoms with Gasteiger partial charge in [0.25, 0.3) is 5.91 Å². The Morgan fingerprint density at radius 3 is 2.68 bits per heavy atom. The first-order valence-corrected chi connectivity index (χ1v) is 14.1. The maximum Gasteiger partial charge on any atom is 0.303 e. The number of hydrogen-bond acceptors (Lipinski definition) is 4. The minimum atomic E-state index is -0.978. The molecule has 2 aromatic carbocycles. The molecule has 202 valence electrons. The Morgan fingerprint density at radius 1 is 1.24 bits per heavy atom. The highest BCUT2D eigenvalue weighted by molar-refractivity contribution is 9.10. The lowest BCUT2D eigenvalue weighted by Crippen LogP contribution is -2.38. The van der Waals surface area contributed by atoms with Crippen molar-refractivity contribution in [1.82, 2.24) is 10.3 Å². The Bertz CT molecular complexity index is 1390. The van der Waals surface area contributed by atoms with Crippen LogP contribution in [0.3, 0.4) is 0 Å². The van der Waals surface area contributed by atoms with Crippen LogP contribution in [0.5, 0.6) is 0 Å². The molecule has 0 unspecified atom stereocenters. The van der Waals surface area contributed by atoms with Crippen molar-refractivity contribution in [1.29, 1.82) is 0 Å². The largest absolute Gasteiger partial charge is 0.481 e. The van der Waals surface area contributed by atoms with Gasteiger partial charge in [-0.2, -0.15) is 0 Å². The summed E-state index contributed by atoms with van der Waals surface area (Å²) in [4.78, 5) is 31.8. The Hall–Kier alpha value is -2.13. The maximum atomic E-state index is 14.2. The summed E-state index contributed by atoms with van der Waals surface area (Å²) in [6.45, 7) is 2.77. The summed E-state index contributed by atoms with van der Waals surface area (Å²) < 4.78 is 15.0. The second kappa shape index (κ2) is 12.4. The quantitative estimate of drug-likeness (QED) is 0.247. The third-order valence-corrected chi connectivity index (χ3v) is 8.40. The maximum absolute atomic E-state index is 14.2. The molecule has 0 spiro atoms. The number of anilines is 1. The van der Waals surface area contributed by atoms with Crippen molar-refractivity contribution in [3.05, 3.63) is 66.6 Å². The number of carboxylic acid groups (broad SMARTS) is 1. The normalized spacial score (nSPS) is 16.5. The number of fused-ring (bicyclic) bond motifs is 1. The van der Waals surface area contributed by atoms with Crippen molar-refractivity contribution in [2.24, 2.45) is 0 Å². The van der Waals surface area contributed by atoms with Crippen LogP contribution >= 0.6 is 50.7 Å². The number of nitrogens with one attached hydrogen (secondary N) is 1. The van der Waals surface area contributed by atoms with E-state index in [9.17, 15) is 19.1 Å². The van der Waals surface area contributed by atoms with Crippen molar-refractivity contribution >= 4 is 79.3 Å². The van der Waals surface area contributed by atoms with E-state index in [0.29, 0.717) is 57.8 Å². The first-order chi connectivity index (χ1) is 18.1. The fourth-order valence-electron chi connectivity index (χ4n) is 4.90. The van der Waals surface area contributed by atoms with Gasteiger partial charge in [0.15, 0.2) is 0 Å². The number of carbonyl (C=O) groups excluding carboxylic acids is 1. The van der Waals surface area contributed by atoms with E-state index in [-0.39, 0.29) is 41.9 Å². The van der Waals surface area contributed by atoms with E-state index in [4.69, 9.17) is 39.8 Å². The third-order valence-electron chi connectivity index (χ3n) is 6.76. The molecule has 4 rings (SSSR count). The van der Waals surface area contributed by atoms with Crippen LogP contribution in [-0.2, 0) is 4.79 Å². The smallest absolute Gasteiger partial charge is 0.303 e. The number of aromatic nitrogens is 1. The summed E-state index contributed by atoms with van der Waals surface area (Å²) in [6, 6.07) is 8.65. The molecule has 2 heterocycles. The molecule has 1 saturated heterocycles. The number of nitrogens with zero attached hydrogens (tertiary/aromatic N) is 2. The van der Waals surface area contributed by atoms with Gasteiger partial charge in [0.05, 0.1) is 27.7 Å². The number of benzene rings is 2. The van der Waals surface area contributed by atoms with Crippen LogP contribution < -0.4 is 10.2 Å². The van der Waals surface area contributed by atoms with Crippen molar-refractivity contribution in [3.63, 3.8) is 0 Å². The van der Waals surface area contributed by atoms with Gasteiger partial charge in [-0.1, -0.05) is 50.7 Å². The highest BCUT2D eigenvalue weighted by atomic mass is 79.9. The number of amides is 1. The predicted molar refractivity (Wildman–Crippen MR) is 154 cm³/mol. The number of carboxylic acids is 1. The van der Waals surface area contributed by atoms with Crippen LogP contribution in [0.1, 0.15) is 53.1 Å². The summed E-state index contributed by atoms with van der Waals surface area (Å²) >= 11 is 22.6. The Morgan fingerprint density at radius 2 is 1.97 bits per heavy atom. The molecule has 0 radical (unpaired) electrons. The van der Waals surface area contributed by atoms with E-state index < -0.39 is 18.1 Å². The van der Waals surface area contributed by atoms with Crippen LogP contribution in [0.2, 0.25) is 15.1 Å². The molecule has 11 heteroatoms. The van der Waals surface area contributed by atoms with Gasteiger partial charge in [-0.3, -0.25) is 9.59 Å². The standard InChI is InChI=1S/C27H26BrCl3FN3O3/c1-14-23(18-11-16(28)5-8-21(18)34-26(14)35-10-2-3-17(32)13-35)27(38)33-12-15(4-9-22(36)37)24-19(29)6-7-20(30)25(24)31/h5-8,11,15,17H,2-4,9-10,12-13H2,1H3,(H,33,38)(H,36,37)/t15-,17+/m1/s1. The van der Waals surface area contributed by atoms with Crippen molar-refractivity contribution in [2.45, 2.75) is 44.7 Å². The first-order valence-electron chi connectivity index (χ1n) is 12.2.